The van der Waals surface area contributed by atoms with Crippen LogP contribution in [0.15, 0.2) is 0 Å². The van der Waals surface area contributed by atoms with Gasteiger partial charge in [-0.25, -0.2) is 0 Å². The lowest BCUT2D eigenvalue weighted by atomic mass is 9.94. The molecule has 3 N–H and O–H groups in total. The second-order valence-electron chi connectivity index (χ2n) is 3.15. The van der Waals surface area contributed by atoms with Crippen LogP contribution in [-0.2, 0) is 0 Å². The smallest absolute Gasteiger partial charge is 0.0574 e. The molecule has 0 aliphatic carbocycles. The van der Waals surface area contributed by atoms with Crippen molar-refractivity contribution in [1.82, 2.24) is 5.32 Å². The molecule has 0 saturated carbocycles. The van der Waals surface area contributed by atoms with Crippen LogP contribution in [0.5, 0.6) is 0 Å². The highest BCUT2D eigenvalue weighted by Crippen LogP contribution is 2.15. The molecule has 0 amide bonds. The molecule has 2 heteroatoms. The lowest BCUT2D eigenvalue weighted by molar-refractivity contribution is 0.260. The van der Waals surface area contributed by atoms with Crippen molar-refractivity contribution in [3.8, 4) is 0 Å². The molecule has 0 spiro atoms. The van der Waals surface area contributed by atoms with Crippen molar-refractivity contribution in [1.29, 1.82) is 0 Å². The molecule has 0 aromatic carbocycles. The third-order valence-corrected chi connectivity index (χ3v) is 2.15. The Hall–Kier alpha value is -0.0800. The minimum Gasteiger partial charge on any atom is -0.316 e. The van der Waals surface area contributed by atoms with Gasteiger partial charge in [0.25, 0.3) is 0 Å². The van der Waals surface area contributed by atoms with Gasteiger partial charge in [0, 0.05) is 6.04 Å². The van der Waals surface area contributed by atoms with E-state index in [4.69, 9.17) is 5.73 Å². The van der Waals surface area contributed by atoms with Crippen LogP contribution in [0.2, 0.25) is 0 Å². The van der Waals surface area contributed by atoms with E-state index < -0.39 is 0 Å². The zero-order valence-electron chi connectivity index (χ0n) is 8.22. The maximum atomic E-state index is 5.76. The number of rotatable bonds is 0. The van der Waals surface area contributed by atoms with Crippen molar-refractivity contribution in [2.75, 3.05) is 0 Å². The molecule has 1 aliphatic rings. The second kappa shape index (κ2) is 5.56. The Labute approximate surface area is 70.5 Å². The van der Waals surface area contributed by atoms with Crippen LogP contribution in [0, 0.1) is 5.92 Å². The van der Waals surface area contributed by atoms with Crippen molar-refractivity contribution in [3.63, 3.8) is 0 Å². The Kier molecular flexibility index (Phi) is 5.51. The van der Waals surface area contributed by atoms with Gasteiger partial charge in [0.15, 0.2) is 0 Å². The normalized spacial score (nSPS) is 37.4. The molecule has 11 heavy (non-hydrogen) atoms. The fourth-order valence-corrected chi connectivity index (χ4v) is 1.27. The average Bonchev–Trinajstić information content (AvgIpc) is 2.02. The van der Waals surface area contributed by atoms with E-state index in [9.17, 15) is 0 Å². The van der Waals surface area contributed by atoms with Crippen LogP contribution in [0.25, 0.3) is 0 Å². The Morgan fingerprint density at radius 3 is 2.09 bits per heavy atom. The molecule has 1 fully saturated rings. The van der Waals surface area contributed by atoms with E-state index in [1.165, 1.54) is 12.8 Å². The SMILES string of the molecule is CC.CC1CCC(C)C(N)N1. The summed E-state index contributed by atoms with van der Waals surface area (Å²) in [5.41, 5.74) is 5.76. The van der Waals surface area contributed by atoms with Crippen molar-refractivity contribution in [3.05, 3.63) is 0 Å². The standard InChI is InChI=1S/C7H16N2.C2H6/c1-5-3-4-6(2)9-7(5)8;1-2/h5-7,9H,3-4,8H2,1-2H3;1-2H3. The molecule has 2 nitrogen and oxygen atoms in total. The number of nitrogens with one attached hydrogen (secondary N) is 1. The number of hydrogen-bond donors (Lipinski definition) is 2. The van der Waals surface area contributed by atoms with Crippen LogP contribution < -0.4 is 11.1 Å². The first kappa shape index (κ1) is 10.9. The highest BCUT2D eigenvalue weighted by atomic mass is 15.1. The molecule has 0 radical (unpaired) electrons. The highest BCUT2D eigenvalue weighted by molar-refractivity contribution is 4.77. The molecular formula is C9H22N2. The second-order valence-corrected chi connectivity index (χ2v) is 3.15. The van der Waals surface area contributed by atoms with Crippen LogP contribution in [0.3, 0.4) is 0 Å². The summed E-state index contributed by atoms with van der Waals surface area (Å²) in [6, 6.07) is 0.621. The summed E-state index contributed by atoms with van der Waals surface area (Å²) in [6.45, 7) is 8.38. The fraction of sp³-hybridized carbons (Fsp3) is 1.00. The van der Waals surface area contributed by atoms with Crippen LogP contribution in [0.4, 0.5) is 0 Å². The number of nitrogens with two attached hydrogens (primary N) is 1. The van der Waals surface area contributed by atoms with Crippen LogP contribution >= 0.6 is 0 Å². The summed E-state index contributed by atoms with van der Waals surface area (Å²) in [7, 11) is 0. The predicted octanol–water partition coefficient (Wildman–Crippen LogP) is 1.71. The largest absolute Gasteiger partial charge is 0.316 e. The van der Waals surface area contributed by atoms with Gasteiger partial charge in [-0.15, -0.1) is 0 Å². The van der Waals surface area contributed by atoms with Crippen LogP contribution in [-0.4, -0.2) is 12.2 Å². The quantitative estimate of drug-likeness (QED) is 0.563. The number of hydrogen-bond acceptors (Lipinski definition) is 2. The Morgan fingerprint density at radius 1 is 1.18 bits per heavy atom. The molecule has 1 saturated heterocycles. The van der Waals surface area contributed by atoms with E-state index in [-0.39, 0.29) is 6.17 Å². The fourth-order valence-electron chi connectivity index (χ4n) is 1.27. The van der Waals surface area contributed by atoms with Gasteiger partial charge < -0.3 is 5.73 Å². The molecule has 1 heterocycles. The molecule has 0 bridgehead atoms. The van der Waals surface area contributed by atoms with E-state index in [1.54, 1.807) is 0 Å². The third-order valence-electron chi connectivity index (χ3n) is 2.15. The summed E-state index contributed by atoms with van der Waals surface area (Å²) >= 11 is 0. The van der Waals surface area contributed by atoms with E-state index in [1.807, 2.05) is 13.8 Å². The van der Waals surface area contributed by atoms with Gasteiger partial charge in [-0.3, -0.25) is 5.32 Å². The molecule has 1 rings (SSSR count). The zero-order chi connectivity index (χ0) is 8.85. The minimum atomic E-state index is 0.230. The Balaban J connectivity index is 0.000000461. The lowest BCUT2D eigenvalue weighted by Gasteiger charge is -2.31. The lowest BCUT2D eigenvalue weighted by Crippen LogP contribution is -2.50. The molecular weight excluding hydrogens is 136 g/mol. The molecule has 0 aromatic rings. The first-order chi connectivity index (χ1) is 5.20. The molecule has 3 unspecified atom stereocenters. The molecule has 1 aliphatic heterocycles. The van der Waals surface area contributed by atoms with Crippen molar-refractivity contribution >= 4 is 0 Å². The number of piperidine rings is 1. The predicted molar refractivity (Wildman–Crippen MR) is 50.3 cm³/mol. The minimum absolute atomic E-state index is 0.230. The van der Waals surface area contributed by atoms with Gasteiger partial charge in [0.2, 0.25) is 0 Å². The van der Waals surface area contributed by atoms with Crippen LogP contribution in [0.1, 0.15) is 40.5 Å². The van der Waals surface area contributed by atoms with Crippen molar-refractivity contribution in [2.24, 2.45) is 11.7 Å². The average molecular weight is 158 g/mol. The maximum Gasteiger partial charge on any atom is 0.0574 e. The first-order valence-electron chi connectivity index (χ1n) is 4.72. The zero-order valence-corrected chi connectivity index (χ0v) is 8.22. The molecule has 3 atom stereocenters. The van der Waals surface area contributed by atoms with Gasteiger partial charge >= 0.3 is 0 Å². The molecule has 0 aromatic heterocycles. The topological polar surface area (TPSA) is 38.0 Å². The van der Waals surface area contributed by atoms with E-state index in [2.05, 4.69) is 19.2 Å². The Bertz CT molecular complexity index is 93.6. The van der Waals surface area contributed by atoms with Gasteiger partial charge in [-0.1, -0.05) is 20.8 Å². The summed E-state index contributed by atoms with van der Waals surface area (Å²) < 4.78 is 0. The van der Waals surface area contributed by atoms with E-state index >= 15 is 0 Å². The molecule has 68 valence electrons. The van der Waals surface area contributed by atoms with E-state index in [0.29, 0.717) is 12.0 Å². The third kappa shape index (κ3) is 3.73. The van der Waals surface area contributed by atoms with Gasteiger partial charge in [0.05, 0.1) is 6.17 Å². The van der Waals surface area contributed by atoms with Crippen molar-refractivity contribution in [2.45, 2.75) is 52.7 Å². The summed E-state index contributed by atoms with van der Waals surface area (Å²) in [5, 5.41) is 3.31. The first-order valence-corrected chi connectivity index (χ1v) is 4.72. The van der Waals surface area contributed by atoms with E-state index in [0.717, 1.165) is 0 Å². The Morgan fingerprint density at radius 2 is 1.73 bits per heavy atom. The highest BCUT2D eigenvalue weighted by Gasteiger charge is 2.20. The summed E-state index contributed by atoms with van der Waals surface area (Å²) in [6.07, 6.45) is 2.78. The monoisotopic (exact) mass is 158 g/mol. The van der Waals surface area contributed by atoms with Gasteiger partial charge in [-0.05, 0) is 25.7 Å². The summed E-state index contributed by atoms with van der Waals surface area (Å²) in [4.78, 5) is 0. The van der Waals surface area contributed by atoms with Gasteiger partial charge in [0.1, 0.15) is 0 Å². The van der Waals surface area contributed by atoms with Gasteiger partial charge in [-0.2, -0.15) is 0 Å². The summed E-state index contributed by atoms with van der Waals surface area (Å²) in [5.74, 6) is 0.654. The van der Waals surface area contributed by atoms with Crippen molar-refractivity contribution < 1.29 is 0 Å². The maximum absolute atomic E-state index is 5.76.